The molecular weight excluding hydrogens is 206 g/mol. The minimum Gasteiger partial charge on any atom is -0.354 e. The Balaban J connectivity index is 1.73. The highest BCUT2D eigenvalue weighted by Gasteiger charge is 2.32. The number of nitrogens with zero attached hydrogens (tertiary/aromatic N) is 1. The van der Waals surface area contributed by atoms with Gasteiger partial charge in [0.1, 0.15) is 0 Å². The van der Waals surface area contributed by atoms with Crippen molar-refractivity contribution in [1.82, 2.24) is 15.5 Å². The predicted molar refractivity (Wildman–Crippen MR) is 59.8 cm³/mol. The highest BCUT2D eigenvalue weighted by atomic mass is 16.2. The van der Waals surface area contributed by atoms with Gasteiger partial charge in [-0.15, -0.1) is 0 Å². The summed E-state index contributed by atoms with van der Waals surface area (Å²) >= 11 is 0. The van der Waals surface area contributed by atoms with Gasteiger partial charge in [-0.3, -0.25) is 9.59 Å². The molecule has 5 nitrogen and oxygen atoms in total. The lowest BCUT2D eigenvalue weighted by Gasteiger charge is -2.14. The molecule has 0 aliphatic carbocycles. The molecule has 2 fully saturated rings. The van der Waals surface area contributed by atoms with Gasteiger partial charge in [0.05, 0.1) is 5.92 Å². The van der Waals surface area contributed by atoms with E-state index in [2.05, 4.69) is 10.6 Å². The van der Waals surface area contributed by atoms with E-state index < -0.39 is 0 Å². The van der Waals surface area contributed by atoms with Crippen LogP contribution < -0.4 is 10.6 Å². The van der Waals surface area contributed by atoms with Gasteiger partial charge in [-0.2, -0.15) is 0 Å². The zero-order valence-corrected chi connectivity index (χ0v) is 9.66. The highest BCUT2D eigenvalue weighted by molar-refractivity contribution is 5.89. The molecule has 5 heteroatoms. The third kappa shape index (κ3) is 2.52. The molecule has 2 aliphatic rings. The van der Waals surface area contributed by atoms with Crippen LogP contribution in [0.4, 0.5) is 0 Å². The predicted octanol–water partition coefficient (Wildman–Crippen LogP) is -0.667. The summed E-state index contributed by atoms with van der Waals surface area (Å²) in [6, 6.07) is 0.416. The summed E-state index contributed by atoms with van der Waals surface area (Å²) in [6.07, 6.45) is 2.68. The molecular formula is C11H19N3O2. The van der Waals surface area contributed by atoms with E-state index in [1.165, 1.54) is 6.42 Å². The molecule has 2 aliphatic heterocycles. The van der Waals surface area contributed by atoms with E-state index in [1.807, 2.05) is 0 Å². The van der Waals surface area contributed by atoms with Gasteiger partial charge >= 0.3 is 0 Å². The molecule has 0 aromatic heterocycles. The fraction of sp³-hybridized carbons (Fsp3) is 0.818. The van der Waals surface area contributed by atoms with E-state index >= 15 is 0 Å². The zero-order chi connectivity index (χ0) is 11.5. The summed E-state index contributed by atoms with van der Waals surface area (Å²) in [5.41, 5.74) is 0. The monoisotopic (exact) mass is 225 g/mol. The number of nitrogens with one attached hydrogen (secondary N) is 2. The Labute approximate surface area is 95.6 Å². The van der Waals surface area contributed by atoms with Crippen LogP contribution in [-0.4, -0.2) is 49.4 Å². The number of carbonyl (C=O) groups excluding carboxylic acids is 2. The molecule has 2 N–H and O–H groups in total. The smallest absolute Gasteiger partial charge is 0.225 e. The van der Waals surface area contributed by atoms with Crippen LogP contribution in [0.5, 0.6) is 0 Å². The Morgan fingerprint density at radius 3 is 3.00 bits per heavy atom. The first-order valence-electron chi connectivity index (χ1n) is 5.92. The molecule has 2 amide bonds. The second kappa shape index (κ2) is 4.82. The molecule has 0 saturated carbocycles. The summed E-state index contributed by atoms with van der Waals surface area (Å²) < 4.78 is 0. The third-order valence-electron chi connectivity index (χ3n) is 3.40. The van der Waals surface area contributed by atoms with Gasteiger partial charge in [0.25, 0.3) is 0 Å². The van der Waals surface area contributed by atoms with Gasteiger partial charge < -0.3 is 15.5 Å². The Kier molecular flexibility index (Phi) is 3.43. The summed E-state index contributed by atoms with van der Waals surface area (Å²) in [7, 11) is 1.74. The van der Waals surface area contributed by atoms with Crippen molar-refractivity contribution in [2.45, 2.75) is 25.3 Å². The highest BCUT2D eigenvalue weighted by Crippen LogP contribution is 2.15. The van der Waals surface area contributed by atoms with Crippen molar-refractivity contribution in [2.24, 2.45) is 5.92 Å². The number of rotatable bonds is 3. The van der Waals surface area contributed by atoms with Crippen LogP contribution in [-0.2, 0) is 9.59 Å². The van der Waals surface area contributed by atoms with Crippen LogP contribution >= 0.6 is 0 Å². The molecule has 0 aromatic rings. The molecule has 0 bridgehead atoms. The number of likely N-dealkylation sites (tertiary alicyclic amines) is 1. The lowest BCUT2D eigenvalue weighted by Crippen LogP contribution is -2.40. The standard InChI is InChI=1S/C11H19N3O2/c1-14-7-8(5-10(14)15)11(16)13-6-9-3-2-4-12-9/h8-9,12H,2-7H2,1H3,(H,13,16). The average molecular weight is 225 g/mol. The maximum atomic E-state index is 11.8. The molecule has 2 rings (SSSR count). The van der Waals surface area contributed by atoms with Crippen LogP contribution in [0.1, 0.15) is 19.3 Å². The van der Waals surface area contributed by atoms with Gasteiger partial charge in [0.2, 0.25) is 11.8 Å². The molecule has 16 heavy (non-hydrogen) atoms. The summed E-state index contributed by atoms with van der Waals surface area (Å²) in [5.74, 6) is -0.0653. The fourth-order valence-corrected chi connectivity index (χ4v) is 2.34. The van der Waals surface area contributed by atoms with E-state index in [4.69, 9.17) is 0 Å². The molecule has 90 valence electrons. The summed E-state index contributed by atoms with van der Waals surface area (Å²) in [6.45, 7) is 2.29. The van der Waals surface area contributed by atoms with E-state index in [-0.39, 0.29) is 17.7 Å². The van der Waals surface area contributed by atoms with Crippen LogP contribution in [0.15, 0.2) is 0 Å². The first-order chi connectivity index (χ1) is 7.66. The minimum absolute atomic E-state index is 0.0198. The normalized spacial score (nSPS) is 29.8. The first kappa shape index (κ1) is 11.4. The van der Waals surface area contributed by atoms with Gasteiger partial charge in [-0.25, -0.2) is 0 Å². The number of carbonyl (C=O) groups is 2. The van der Waals surface area contributed by atoms with Crippen molar-refractivity contribution < 1.29 is 9.59 Å². The van der Waals surface area contributed by atoms with E-state index in [0.717, 1.165) is 13.0 Å². The Morgan fingerprint density at radius 2 is 2.44 bits per heavy atom. The molecule has 2 saturated heterocycles. The maximum absolute atomic E-state index is 11.8. The largest absolute Gasteiger partial charge is 0.354 e. The Bertz CT molecular complexity index is 287. The summed E-state index contributed by atoms with van der Waals surface area (Å²) in [5, 5.41) is 6.26. The molecule has 2 heterocycles. The quantitative estimate of drug-likeness (QED) is 0.670. The number of amides is 2. The Hall–Kier alpha value is -1.10. The van der Waals surface area contributed by atoms with Crippen LogP contribution in [0.3, 0.4) is 0 Å². The molecule has 2 unspecified atom stereocenters. The fourth-order valence-electron chi connectivity index (χ4n) is 2.34. The topological polar surface area (TPSA) is 61.4 Å². The lowest BCUT2D eigenvalue weighted by atomic mass is 10.1. The SMILES string of the molecule is CN1CC(C(=O)NCC2CCCN2)CC1=O. The minimum atomic E-state index is -0.154. The van der Waals surface area contributed by atoms with Gasteiger partial charge in [-0.05, 0) is 19.4 Å². The molecule has 0 aromatic carbocycles. The third-order valence-corrected chi connectivity index (χ3v) is 3.40. The van der Waals surface area contributed by atoms with Crippen molar-refractivity contribution in [3.05, 3.63) is 0 Å². The second-order valence-corrected chi connectivity index (χ2v) is 4.71. The van der Waals surface area contributed by atoms with Gasteiger partial charge in [0.15, 0.2) is 0 Å². The lowest BCUT2D eigenvalue weighted by molar-refractivity contribution is -0.128. The number of hydrogen-bond donors (Lipinski definition) is 2. The van der Waals surface area contributed by atoms with Gasteiger partial charge in [-0.1, -0.05) is 0 Å². The van der Waals surface area contributed by atoms with Crippen LogP contribution in [0, 0.1) is 5.92 Å². The van der Waals surface area contributed by atoms with Crippen molar-refractivity contribution in [3.63, 3.8) is 0 Å². The average Bonchev–Trinajstić information content (AvgIpc) is 2.86. The van der Waals surface area contributed by atoms with Crippen molar-refractivity contribution in [1.29, 1.82) is 0 Å². The molecule has 2 atom stereocenters. The van der Waals surface area contributed by atoms with E-state index in [0.29, 0.717) is 25.6 Å². The Morgan fingerprint density at radius 1 is 1.62 bits per heavy atom. The molecule has 0 radical (unpaired) electrons. The maximum Gasteiger partial charge on any atom is 0.225 e. The second-order valence-electron chi connectivity index (χ2n) is 4.71. The van der Waals surface area contributed by atoms with Gasteiger partial charge in [0, 0.05) is 32.6 Å². The molecule has 0 spiro atoms. The van der Waals surface area contributed by atoms with E-state index in [1.54, 1.807) is 11.9 Å². The van der Waals surface area contributed by atoms with Crippen molar-refractivity contribution >= 4 is 11.8 Å². The van der Waals surface area contributed by atoms with E-state index in [9.17, 15) is 9.59 Å². The van der Waals surface area contributed by atoms with Crippen molar-refractivity contribution in [2.75, 3.05) is 26.7 Å². The van der Waals surface area contributed by atoms with Crippen molar-refractivity contribution in [3.8, 4) is 0 Å². The van der Waals surface area contributed by atoms with Crippen LogP contribution in [0.2, 0.25) is 0 Å². The zero-order valence-electron chi connectivity index (χ0n) is 9.66. The van der Waals surface area contributed by atoms with Crippen LogP contribution in [0.25, 0.3) is 0 Å². The summed E-state index contributed by atoms with van der Waals surface area (Å²) in [4.78, 5) is 24.7. The first-order valence-corrected chi connectivity index (χ1v) is 5.92. The number of hydrogen-bond acceptors (Lipinski definition) is 3.